The fraction of sp³-hybridized carbons (Fsp3) is 0.300. The molecule has 1 fully saturated rings. The van der Waals surface area contributed by atoms with Crippen LogP contribution in [0.1, 0.15) is 12.6 Å². The van der Waals surface area contributed by atoms with E-state index >= 15 is 0 Å². The number of morpholine rings is 1. The summed E-state index contributed by atoms with van der Waals surface area (Å²) < 4.78 is 5.42. The SMILES string of the molecule is CCc1nc(-c2ccc(N3CCOCC3)cc2)cc2ncccc12. The molecule has 2 aromatic heterocycles. The first-order chi connectivity index (χ1) is 11.8. The van der Waals surface area contributed by atoms with Gasteiger partial charge in [0.1, 0.15) is 0 Å². The van der Waals surface area contributed by atoms with Crippen LogP contribution in [-0.4, -0.2) is 36.3 Å². The summed E-state index contributed by atoms with van der Waals surface area (Å²) in [4.78, 5) is 11.7. The molecule has 0 bridgehead atoms. The van der Waals surface area contributed by atoms with Crippen LogP contribution in [0.3, 0.4) is 0 Å². The van der Waals surface area contributed by atoms with Gasteiger partial charge in [-0.1, -0.05) is 19.1 Å². The lowest BCUT2D eigenvalue weighted by Gasteiger charge is -2.28. The summed E-state index contributed by atoms with van der Waals surface area (Å²) in [6.07, 6.45) is 2.75. The van der Waals surface area contributed by atoms with Crippen molar-refractivity contribution in [1.82, 2.24) is 9.97 Å². The monoisotopic (exact) mass is 319 g/mol. The Morgan fingerprint density at radius 1 is 1.08 bits per heavy atom. The third kappa shape index (κ3) is 2.85. The average Bonchev–Trinajstić information content (AvgIpc) is 2.68. The van der Waals surface area contributed by atoms with Gasteiger partial charge in [0, 0.05) is 35.9 Å². The first-order valence-corrected chi connectivity index (χ1v) is 8.53. The molecule has 1 aliphatic heterocycles. The Hall–Kier alpha value is -2.46. The maximum Gasteiger partial charge on any atom is 0.0741 e. The summed E-state index contributed by atoms with van der Waals surface area (Å²) in [6, 6.07) is 14.8. The highest BCUT2D eigenvalue weighted by atomic mass is 16.5. The molecule has 1 saturated heterocycles. The maximum absolute atomic E-state index is 5.42. The van der Waals surface area contributed by atoms with Crippen molar-refractivity contribution in [3.05, 3.63) is 54.4 Å². The summed E-state index contributed by atoms with van der Waals surface area (Å²) in [5.41, 5.74) is 5.49. The number of pyridine rings is 2. The van der Waals surface area contributed by atoms with Crippen LogP contribution < -0.4 is 4.90 Å². The third-order valence-electron chi connectivity index (χ3n) is 4.55. The molecule has 3 aromatic rings. The smallest absolute Gasteiger partial charge is 0.0741 e. The normalized spacial score (nSPS) is 15.0. The molecule has 4 rings (SSSR count). The first kappa shape index (κ1) is 15.1. The molecule has 122 valence electrons. The topological polar surface area (TPSA) is 38.2 Å². The van der Waals surface area contributed by atoms with Gasteiger partial charge in [-0.15, -0.1) is 0 Å². The van der Waals surface area contributed by atoms with Crippen molar-refractivity contribution in [2.24, 2.45) is 0 Å². The molecule has 0 N–H and O–H groups in total. The highest BCUT2D eigenvalue weighted by molar-refractivity contribution is 5.84. The van der Waals surface area contributed by atoms with E-state index in [1.807, 2.05) is 12.3 Å². The van der Waals surface area contributed by atoms with Crippen LogP contribution in [0.15, 0.2) is 48.7 Å². The number of nitrogens with zero attached hydrogens (tertiary/aromatic N) is 3. The Bertz CT molecular complexity index is 839. The number of anilines is 1. The van der Waals surface area contributed by atoms with E-state index < -0.39 is 0 Å². The van der Waals surface area contributed by atoms with Crippen molar-refractivity contribution in [1.29, 1.82) is 0 Å². The second-order valence-corrected chi connectivity index (χ2v) is 6.02. The zero-order chi connectivity index (χ0) is 16.4. The molecule has 4 nitrogen and oxygen atoms in total. The number of hydrogen-bond acceptors (Lipinski definition) is 4. The fourth-order valence-corrected chi connectivity index (χ4v) is 3.23. The number of fused-ring (bicyclic) bond motifs is 1. The number of rotatable bonds is 3. The molecule has 0 unspecified atom stereocenters. The van der Waals surface area contributed by atoms with Gasteiger partial charge in [-0.05, 0) is 36.8 Å². The van der Waals surface area contributed by atoms with Gasteiger partial charge in [0.05, 0.1) is 30.1 Å². The average molecular weight is 319 g/mol. The Labute approximate surface area is 142 Å². The molecule has 1 aliphatic rings. The molecule has 0 spiro atoms. The molecule has 0 radical (unpaired) electrons. The van der Waals surface area contributed by atoms with Gasteiger partial charge in [-0.2, -0.15) is 0 Å². The van der Waals surface area contributed by atoms with Crippen molar-refractivity contribution < 1.29 is 4.74 Å². The first-order valence-electron chi connectivity index (χ1n) is 8.53. The number of hydrogen-bond donors (Lipinski definition) is 0. The van der Waals surface area contributed by atoms with Crippen LogP contribution in [0.25, 0.3) is 22.2 Å². The van der Waals surface area contributed by atoms with Crippen molar-refractivity contribution in [3.63, 3.8) is 0 Å². The molecule has 4 heteroatoms. The molecule has 0 aliphatic carbocycles. The lowest BCUT2D eigenvalue weighted by atomic mass is 10.1. The number of aryl methyl sites for hydroxylation is 1. The minimum absolute atomic E-state index is 0.805. The summed E-state index contributed by atoms with van der Waals surface area (Å²) >= 11 is 0. The lowest BCUT2D eigenvalue weighted by Crippen LogP contribution is -2.36. The van der Waals surface area contributed by atoms with Crippen molar-refractivity contribution in [2.45, 2.75) is 13.3 Å². The van der Waals surface area contributed by atoms with Crippen LogP contribution in [0, 0.1) is 0 Å². The molecular weight excluding hydrogens is 298 g/mol. The highest BCUT2D eigenvalue weighted by Crippen LogP contribution is 2.26. The Balaban J connectivity index is 1.69. The zero-order valence-corrected chi connectivity index (χ0v) is 13.9. The van der Waals surface area contributed by atoms with Gasteiger partial charge in [0.2, 0.25) is 0 Å². The Kier molecular flexibility index (Phi) is 4.13. The van der Waals surface area contributed by atoms with Crippen molar-refractivity contribution >= 4 is 16.6 Å². The van der Waals surface area contributed by atoms with Gasteiger partial charge in [-0.25, -0.2) is 0 Å². The minimum Gasteiger partial charge on any atom is -0.378 e. The molecule has 3 heterocycles. The van der Waals surface area contributed by atoms with Crippen LogP contribution in [-0.2, 0) is 11.2 Å². The van der Waals surface area contributed by atoms with E-state index in [0.29, 0.717) is 0 Å². The molecule has 0 saturated carbocycles. The fourth-order valence-electron chi connectivity index (χ4n) is 3.23. The van der Waals surface area contributed by atoms with E-state index in [1.165, 1.54) is 5.69 Å². The zero-order valence-electron chi connectivity index (χ0n) is 13.9. The van der Waals surface area contributed by atoms with Crippen LogP contribution in [0.4, 0.5) is 5.69 Å². The predicted octanol–water partition coefficient (Wildman–Crippen LogP) is 3.70. The van der Waals surface area contributed by atoms with Gasteiger partial charge < -0.3 is 9.64 Å². The second kappa shape index (κ2) is 6.57. The van der Waals surface area contributed by atoms with E-state index in [4.69, 9.17) is 9.72 Å². The minimum atomic E-state index is 0.805. The van der Waals surface area contributed by atoms with Crippen molar-refractivity contribution in [2.75, 3.05) is 31.2 Å². The summed E-state index contributed by atoms with van der Waals surface area (Å²) in [5.74, 6) is 0. The molecule has 1 aromatic carbocycles. The Morgan fingerprint density at radius 3 is 2.62 bits per heavy atom. The Morgan fingerprint density at radius 2 is 1.88 bits per heavy atom. The highest BCUT2D eigenvalue weighted by Gasteiger charge is 2.12. The second-order valence-electron chi connectivity index (χ2n) is 6.02. The van der Waals surface area contributed by atoms with E-state index in [9.17, 15) is 0 Å². The summed E-state index contributed by atoms with van der Waals surface area (Å²) in [6.45, 7) is 5.66. The number of aromatic nitrogens is 2. The van der Waals surface area contributed by atoms with Crippen LogP contribution >= 0.6 is 0 Å². The molecular formula is C20H21N3O. The summed E-state index contributed by atoms with van der Waals surface area (Å²) in [5, 5.41) is 1.15. The number of benzene rings is 1. The predicted molar refractivity (Wildman–Crippen MR) is 97.4 cm³/mol. The summed E-state index contributed by atoms with van der Waals surface area (Å²) in [7, 11) is 0. The molecule has 0 amide bonds. The van der Waals surface area contributed by atoms with E-state index in [0.717, 1.165) is 60.6 Å². The van der Waals surface area contributed by atoms with Crippen LogP contribution in [0.2, 0.25) is 0 Å². The van der Waals surface area contributed by atoms with Gasteiger partial charge in [0.25, 0.3) is 0 Å². The van der Waals surface area contributed by atoms with Gasteiger partial charge >= 0.3 is 0 Å². The largest absolute Gasteiger partial charge is 0.378 e. The maximum atomic E-state index is 5.42. The molecule has 0 atom stereocenters. The third-order valence-corrected chi connectivity index (χ3v) is 4.55. The van der Waals surface area contributed by atoms with Crippen molar-refractivity contribution in [3.8, 4) is 11.3 Å². The quantitative estimate of drug-likeness (QED) is 0.738. The molecule has 24 heavy (non-hydrogen) atoms. The number of ether oxygens (including phenoxy) is 1. The lowest BCUT2D eigenvalue weighted by molar-refractivity contribution is 0.122. The standard InChI is InChI=1S/C20H21N3O/c1-2-18-17-4-3-9-21-20(17)14-19(22-18)15-5-7-16(8-6-15)23-10-12-24-13-11-23/h3-9,14H,2,10-13H2,1H3. The van der Waals surface area contributed by atoms with E-state index in [2.05, 4.69) is 53.2 Å². The van der Waals surface area contributed by atoms with Gasteiger partial charge in [-0.3, -0.25) is 9.97 Å². The van der Waals surface area contributed by atoms with Gasteiger partial charge in [0.15, 0.2) is 0 Å². The van der Waals surface area contributed by atoms with E-state index in [-0.39, 0.29) is 0 Å². The van der Waals surface area contributed by atoms with E-state index in [1.54, 1.807) is 0 Å². The van der Waals surface area contributed by atoms with Crippen LogP contribution in [0.5, 0.6) is 0 Å².